The first kappa shape index (κ1) is 24.0. The molecule has 3 aromatic rings. The largest absolute Gasteiger partial charge is 0.493 e. The molecule has 0 radical (unpaired) electrons. The second-order valence-corrected chi connectivity index (χ2v) is 6.97. The van der Waals surface area contributed by atoms with E-state index in [1.165, 1.54) is 12.1 Å². The Bertz CT molecular complexity index is 941. The molecule has 0 aliphatic rings. The standard InChI is InChI=1S/C23H23ClFNO3.ClH/c1-28-23-11-16(13-26-14-21(27)17-5-3-2-4-6-17)7-10-22(23)29-15-18-8-9-19(25)12-20(18)24;/h2-12,21,26-27H,13-15H2,1H3;1H. The Morgan fingerprint density at radius 3 is 2.50 bits per heavy atom. The molecule has 0 spiro atoms. The van der Waals surface area contributed by atoms with Crippen molar-refractivity contribution in [1.82, 2.24) is 5.32 Å². The maximum absolute atomic E-state index is 13.2. The van der Waals surface area contributed by atoms with Gasteiger partial charge in [-0.2, -0.15) is 0 Å². The zero-order valence-electron chi connectivity index (χ0n) is 16.5. The minimum absolute atomic E-state index is 0. The molecular formula is C23H24Cl2FNO3. The van der Waals surface area contributed by atoms with Gasteiger partial charge in [-0.15, -0.1) is 12.4 Å². The van der Waals surface area contributed by atoms with E-state index in [2.05, 4.69) is 5.32 Å². The van der Waals surface area contributed by atoms with Gasteiger partial charge in [0.05, 0.1) is 18.2 Å². The summed E-state index contributed by atoms with van der Waals surface area (Å²) in [6.45, 7) is 1.22. The molecule has 0 saturated heterocycles. The van der Waals surface area contributed by atoms with Gasteiger partial charge in [-0.1, -0.05) is 54.1 Å². The smallest absolute Gasteiger partial charge is 0.161 e. The first-order valence-corrected chi connectivity index (χ1v) is 9.62. The number of methoxy groups -OCH3 is 1. The fraction of sp³-hybridized carbons (Fsp3) is 0.217. The number of hydrogen-bond acceptors (Lipinski definition) is 4. The summed E-state index contributed by atoms with van der Waals surface area (Å²) >= 11 is 6.04. The van der Waals surface area contributed by atoms with E-state index >= 15 is 0 Å². The SMILES string of the molecule is COc1cc(CNCC(O)c2ccccc2)ccc1OCc1ccc(F)cc1Cl.Cl. The molecule has 3 rings (SSSR count). The molecule has 0 heterocycles. The topological polar surface area (TPSA) is 50.7 Å². The predicted molar refractivity (Wildman–Crippen MR) is 119 cm³/mol. The normalized spacial score (nSPS) is 11.5. The highest BCUT2D eigenvalue weighted by atomic mass is 35.5. The summed E-state index contributed by atoms with van der Waals surface area (Å²) in [4.78, 5) is 0. The molecule has 0 bridgehead atoms. The van der Waals surface area contributed by atoms with Crippen LogP contribution in [0.3, 0.4) is 0 Å². The van der Waals surface area contributed by atoms with E-state index in [4.69, 9.17) is 21.1 Å². The molecule has 0 saturated carbocycles. The highest BCUT2D eigenvalue weighted by Gasteiger charge is 2.10. The van der Waals surface area contributed by atoms with Gasteiger partial charge in [-0.05, 0) is 35.4 Å². The first-order valence-electron chi connectivity index (χ1n) is 9.24. The van der Waals surface area contributed by atoms with E-state index in [1.807, 2.05) is 48.5 Å². The van der Waals surface area contributed by atoms with Gasteiger partial charge >= 0.3 is 0 Å². The summed E-state index contributed by atoms with van der Waals surface area (Å²) in [5.74, 6) is 0.776. The van der Waals surface area contributed by atoms with Crippen molar-refractivity contribution in [2.75, 3.05) is 13.7 Å². The molecule has 3 aromatic carbocycles. The Morgan fingerprint density at radius 2 is 1.80 bits per heavy atom. The fourth-order valence-electron chi connectivity index (χ4n) is 2.88. The van der Waals surface area contributed by atoms with Gasteiger partial charge in [-0.25, -0.2) is 4.39 Å². The fourth-order valence-corrected chi connectivity index (χ4v) is 3.10. The Balaban J connectivity index is 0.00000320. The molecule has 160 valence electrons. The Hall–Kier alpha value is -2.31. The van der Waals surface area contributed by atoms with Crippen LogP contribution in [0.4, 0.5) is 4.39 Å². The maximum Gasteiger partial charge on any atom is 0.161 e. The maximum atomic E-state index is 13.2. The highest BCUT2D eigenvalue weighted by Crippen LogP contribution is 2.30. The molecule has 7 heteroatoms. The summed E-state index contributed by atoms with van der Waals surface area (Å²) < 4.78 is 24.4. The van der Waals surface area contributed by atoms with Gasteiger partial charge in [-0.3, -0.25) is 0 Å². The predicted octanol–water partition coefficient (Wildman–Crippen LogP) is 5.31. The van der Waals surface area contributed by atoms with E-state index in [9.17, 15) is 9.50 Å². The molecule has 1 unspecified atom stereocenters. The quantitative estimate of drug-likeness (QED) is 0.462. The third-order valence-electron chi connectivity index (χ3n) is 4.48. The number of rotatable bonds is 9. The molecule has 0 aliphatic heterocycles. The lowest BCUT2D eigenvalue weighted by atomic mass is 10.1. The van der Waals surface area contributed by atoms with Crippen LogP contribution in [0.15, 0.2) is 66.7 Å². The summed E-state index contributed by atoms with van der Waals surface area (Å²) in [5.41, 5.74) is 2.56. The lowest BCUT2D eigenvalue weighted by Crippen LogP contribution is -2.21. The lowest BCUT2D eigenvalue weighted by Gasteiger charge is -2.15. The summed E-state index contributed by atoms with van der Waals surface area (Å²) in [6.07, 6.45) is -0.568. The van der Waals surface area contributed by atoms with Crippen LogP contribution in [0.2, 0.25) is 5.02 Å². The monoisotopic (exact) mass is 451 g/mol. The van der Waals surface area contributed by atoms with Gasteiger partial charge in [0.1, 0.15) is 12.4 Å². The van der Waals surface area contributed by atoms with Crippen LogP contribution < -0.4 is 14.8 Å². The van der Waals surface area contributed by atoms with Crippen molar-refractivity contribution >= 4 is 24.0 Å². The average molecular weight is 452 g/mol. The number of aliphatic hydroxyl groups is 1. The van der Waals surface area contributed by atoms with Gasteiger partial charge in [0.25, 0.3) is 0 Å². The van der Waals surface area contributed by atoms with Crippen molar-refractivity contribution in [1.29, 1.82) is 0 Å². The number of nitrogens with one attached hydrogen (secondary N) is 1. The molecule has 0 fully saturated rings. The number of ether oxygens (including phenoxy) is 2. The van der Waals surface area contributed by atoms with Crippen LogP contribution in [0.5, 0.6) is 11.5 Å². The van der Waals surface area contributed by atoms with Crippen molar-refractivity contribution in [2.45, 2.75) is 19.3 Å². The van der Waals surface area contributed by atoms with Crippen molar-refractivity contribution in [3.05, 3.63) is 94.3 Å². The number of halogens is 3. The van der Waals surface area contributed by atoms with E-state index in [0.29, 0.717) is 35.2 Å². The summed E-state index contributed by atoms with van der Waals surface area (Å²) in [5, 5.41) is 13.8. The van der Waals surface area contributed by atoms with Crippen molar-refractivity contribution in [3.8, 4) is 11.5 Å². The van der Waals surface area contributed by atoms with Crippen LogP contribution >= 0.6 is 24.0 Å². The lowest BCUT2D eigenvalue weighted by molar-refractivity contribution is 0.174. The zero-order valence-corrected chi connectivity index (χ0v) is 18.0. The molecule has 4 nitrogen and oxygen atoms in total. The van der Waals surface area contributed by atoms with Crippen molar-refractivity contribution < 1.29 is 19.0 Å². The Kier molecular flexibility index (Phi) is 9.40. The van der Waals surface area contributed by atoms with Gasteiger partial charge < -0.3 is 19.9 Å². The van der Waals surface area contributed by atoms with Crippen LogP contribution in [0.25, 0.3) is 0 Å². The molecule has 30 heavy (non-hydrogen) atoms. The summed E-state index contributed by atoms with van der Waals surface area (Å²) in [6, 6.07) is 19.4. The first-order chi connectivity index (χ1) is 14.1. The van der Waals surface area contributed by atoms with Crippen LogP contribution in [0.1, 0.15) is 22.8 Å². The Morgan fingerprint density at radius 1 is 1.03 bits per heavy atom. The molecular weight excluding hydrogens is 428 g/mol. The van der Waals surface area contributed by atoms with Gasteiger partial charge in [0.15, 0.2) is 11.5 Å². The van der Waals surface area contributed by atoms with E-state index in [1.54, 1.807) is 13.2 Å². The average Bonchev–Trinajstić information content (AvgIpc) is 2.74. The highest BCUT2D eigenvalue weighted by molar-refractivity contribution is 6.31. The zero-order chi connectivity index (χ0) is 20.6. The van der Waals surface area contributed by atoms with E-state index in [-0.39, 0.29) is 24.8 Å². The molecule has 2 N–H and O–H groups in total. The second kappa shape index (κ2) is 11.8. The number of hydrogen-bond donors (Lipinski definition) is 2. The number of benzene rings is 3. The summed E-state index contributed by atoms with van der Waals surface area (Å²) in [7, 11) is 1.57. The van der Waals surface area contributed by atoms with Crippen LogP contribution in [0, 0.1) is 5.82 Å². The van der Waals surface area contributed by atoms with Crippen molar-refractivity contribution in [2.24, 2.45) is 0 Å². The molecule has 0 amide bonds. The van der Waals surface area contributed by atoms with Crippen LogP contribution in [-0.4, -0.2) is 18.8 Å². The van der Waals surface area contributed by atoms with Crippen LogP contribution in [-0.2, 0) is 13.2 Å². The second-order valence-electron chi connectivity index (χ2n) is 6.57. The van der Waals surface area contributed by atoms with E-state index in [0.717, 1.165) is 11.1 Å². The minimum Gasteiger partial charge on any atom is -0.493 e. The van der Waals surface area contributed by atoms with E-state index < -0.39 is 6.10 Å². The minimum atomic E-state index is -0.568. The third kappa shape index (κ3) is 6.61. The van der Waals surface area contributed by atoms with Crippen molar-refractivity contribution in [3.63, 3.8) is 0 Å². The number of aliphatic hydroxyl groups excluding tert-OH is 1. The third-order valence-corrected chi connectivity index (χ3v) is 4.83. The molecule has 0 aromatic heterocycles. The molecule has 0 aliphatic carbocycles. The molecule has 1 atom stereocenters. The Labute approximate surface area is 187 Å². The van der Waals surface area contributed by atoms with Gasteiger partial charge in [0.2, 0.25) is 0 Å². The van der Waals surface area contributed by atoms with Gasteiger partial charge in [0, 0.05) is 18.7 Å².